The molecule has 0 saturated heterocycles. The van der Waals surface area contributed by atoms with Crippen LogP contribution in [0.15, 0.2) is 54.6 Å². The van der Waals surface area contributed by atoms with Crippen molar-refractivity contribution in [1.29, 1.82) is 0 Å². The molecule has 133 valence electrons. The van der Waals surface area contributed by atoms with E-state index in [-0.39, 0.29) is 32.0 Å². The van der Waals surface area contributed by atoms with E-state index in [2.05, 4.69) is 5.32 Å². The molecule has 0 spiro atoms. The molecule has 0 aliphatic heterocycles. The van der Waals surface area contributed by atoms with Gasteiger partial charge in [-0.1, -0.05) is 62.2 Å². The molecule has 2 amide bonds. The van der Waals surface area contributed by atoms with Crippen LogP contribution in [0.25, 0.3) is 0 Å². The van der Waals surface area contributed by atoms with Gasteiger partial charge in [-0.15, -0.1) is 0 Å². The Balaban J connectivity index is 0.00000156. The summed E-state index contributed by atoms with van der Waals surface area (Å²) < 4.78 is 0. The number of benzene rings is 2. The van der Waals surface area contributed by atoms with Crippen molar-refractivity contribution in [3.05, 3.63) is 65.2 Å². The van der Waals surface area contributed by atoms with Crippen LogP contribution in [0.4, 0.5) is 10.5 Å². The van der Waals surface area contributed by atoms with E-state index in [4.69, 9.17) is 11.6 Å². The number of rotatable bonds is 4. The molecule has 3 nitrogen and oxygen atoms in total. The third-order valence-corrected chi connectivity index (χ3v) is 4.57. The summed E-state index contributed by atoms with van der Waals surface area (Å²) in [5.74, 6) is 0. The summed E-state index contributed by atoms with van der Waals surface area (Å²) in [5, 5.41) is 3.73. The molecule has 0 bridgehead atoms. The van der Waals surface area contributed by atoms with Crippen LogP contribution < -0.4 is 5.32 Å². The van der Waals surface area contributed by atoms with Gasteiger partial charge in [0.25, 0.3) is 0 Å². The van der Waals surface area contributed by atoms with Gasteiger partial charge in [-0.25, -0.2) is 4.79 Å². The van der Waals surface area contributed by atoms with Crippen LogP contribution in [0.3, 0.4) is 0 Å². The smallest absolute Gasteiger partial charge is 0.317 e. The van der Waals surface area contributed by atoms with Gasteiger partial charge >= 0.3 is 6.03 Å². The number of carbonyl (C=O) groups is 1. The Bertz CT molecular complexity index is 643. The molecule has 25 heavy (non-hydrogen) atoms. The first-order valence-electron chi connectivity index (χ1n) is 8.09. The molecule has 0 heterocycles. The van der Waals surface area contributed by atoms with E-state index in [1.807, 2.05) is 59.5 Å². The molecule has 3 rings (SSSR count). The van der Waals surface area contributed by atoms with Crippen molar-refractivity contribution < 1.29 is 23.4 Å². The zero-order chi connectivity index (χ0) is 16.1. The molecule has 1 aliphatic carbocycles. The van der Waals surface area contributed by atoms with E-state index >= 15 is 0 Å². The van der Waals surface area contributed by atoms with E-state index in [1.165, 1.54) is 12.8 Å². The molecule has 0 unspecified atom stereocenters. The summed E-state index contributed by atoms with van der Waals surface area (Å²) in [6, 6.07) is 17.6. The quantitative estimate of drug-likeness (QED) is 0.681. The largest absolute Gasteiger partial charge is 0.322 e. The van der Waals surface area contributed by atoms with Crippen molar-refractivity contribution in [1.82, 2.24) is 4.90 Å². The van der Waals surface area contributed by atoms with Gasteiger partial charge in [-0.3, -0.25) is 0 Å². The van der Waals surface area contributed by atoms with Gasteiger partial charge in [-0.2, -0.15) is 0 Å². The molecule has 2 aromatic rings. The van der Waals surface area contributed by atoms with E-state index in [1.54, 1.807) is 0 Å². The Labute approximate surface area is 167 Å². The zero-order valence-electron chi connectivity index (χ0n) is 13.5. The fourth-order valence-electron chi connectivity index (χ4n) is 3.09. The first kappa shape index (κ1) is 21.6. The van der Waals surface area contributed by atoms with Crippen molar-refractivity contribution in [2.45, 2.75) is 45.7 Å². The number of halogens is 1. The third-order valence-electron chi connectivity index (χ3n) is 4.32. The number of urea groups is 1. The first-order valence-corrected chi connectivity index (χ1v) is 8.47. The van der Waals surface area contributed by atoms with Gasteiger partial charge in [0.15, 0.2) is 0 Å². The SMILES string of the molecule is C.O=C(Nc1ccccc1)N(Cc1ccc(Cl)cc1)C1CCCC1.[V]. The molecule has 5 heteroatoms. The predicted octanol–water partition coefficient (Wildman–Crippen LogP) is 5.95. The fraction of sp³-hybridized carbons (Fsp3) is 0.350. The minimum atomic E-state index is -0.0296. The van der Waals surface area contributed by atoms with Crippen molar-refractivity contribution >= 4 is 23.3 Å². The Kier molecular flexibility index (Phi) is 9.12. The molecule has 0 atom stereocenters. The van der Waals surface area contributed by atoms with Crippen molar-refractivity contribution in [2.75, 3.05) is 5.32 Å². The van der Waals surface area contributed by atoms with Gasteiger partial charge in [-0.05, 0) is 42.7 Å². The van der Waals surface area contributed by atoms with Gasteiger partial charge < -0.3 is 10.2 Å². The van der Waals surface area contributed by atoms with E-state index < -0.39 is 0 Å². The summed E-state index contributed by atoms with van der Waals surface area (Å²) in [7, 11) is 0. The van der Waals surface area contributed by atoms with Gasteiger partial charge in [0.1, 0.15) is 0 Å². The number of para-hydroxylation sites is 1. The minimum absolute atomic E-state index is 0. The van der Waals surface area contributed by atoms with Crippen LogP contribution in [0.1, 0.15) is 38.7 Å². The predicted molar refractivity (Wildman–Crippen MR) is 101 cm³/mol. The number of amides is 2. The molecule has 1 saturated carbocycles. The molecular weight excluding hydrogens is 371 g/mol. The van der Waals surface area contributed by atoms with E-state index in [0.29, 0.717) is 12.6 Å². The maximum Gasteiger partial charge on any atom is 0.322 e. The molecule has 1 N–H and O–H groups in total. The molecule has 0 aromatic heterocycles. The molecular formula is C20H25ClN2OV. The van der Waals surface area contributed by atoms with Crippen LogP contribution in [0, 0.1) is 0 Å². The van der Waals surface area contributed by atoms with Crippen molar-refractivity contribution in [2.24, 2.45) is 0 Å². The fourth-order valence-corrected chi connectivity index (χ4v) is 3.21. The number of carbonyl (C=O) groups excluding carboxylic acids is 1. The Morgan fingerprint density at radius 1 is 1.04 bits per heavy atom. The minimum Gasteiger partial charge on any atom is -0.317 e. The normalized spacial score (nSPS) is 13.5. The maximum absolute atomic E-state index is 12.8. The second kappa shape index (κ2) is 10.5. The maximum atomic E-state index is 12.8. The zero-order valence-corrected chi connectivity index (χ0v) is 15.6. The Morgan fingerprint density at radius 2 is 1.64 bits per heavy atom. The Morgan fingerprint density at radius 3 is 2.24 bits per heavy atom. The molecule has 2 aromatic carbocycles. The first-order chi connectivity index (χ1) is 11.2. The number of hydrogen-bond donors (Lipinski definition) is 1. The van der Waals surface area contributed by atoms with Crippen LogP contribution in [0.2, 0.25) is 5.02 Å². The summed E-state index contributed by atoms with van der Waals surface area (Å²) in [6.45, 7) is 0.612. The van der Waals surface area contributed by atoms with Crippen LogP contribution in [-0.2, 0) is 25.1 Å². The van der Waals surface area contributed by atoms with Crippen LogP contribution in [0.5, 0.6) is 0 Å². The number of nitrogens with one attached hydrogen (secondary N) is 1. The topological polar surface area (TPSA) is 32.3 Å². The summed E-state index contributed by atoms with van der Waals surface area (Å²) in [5.41, 5.74) is 1.93. The molecule has 1 radical (unpaired) electrons. The average molecular weight is 396 g/mol. The van der Waals surface area contributed by atoms with Crippen molar-refractivity contribution in [3.63, 3.8) is 0 Å². The standard InChI is InChI=1S/C19H21ClN2O.CH4.V/c20-16-12-10-15(11-13-16)14-22(18-8-4-5-9-18)19(23)21-17-6-2-1-3-7-17;;/h1-3,6-7,10-13,18H,4-5,8-9,14H2,(H,21,23);1H4;. The summed E-state index contributed by atoms with van der Waals surface area (Å²) in [4.78, 5) is 14.7. The second-order valence-electron chi connectivity index (χ2n) is 5.99. The Hall–Kier alpha value is -1.42. The van der Waals surface area contributed by atoms with E-state index in [0.717, 1.165) is 29.1 Å². The van der Waals surface area contributed by atoms with Crippen LogP contribution in [-0.4, -0.2) is 17.0 Å². The van der Waals surface area contributed by atoms with Crippen molar-refractivity contribution in [3.8, 4) is 0 Å². The molecule has 1 aliphatic rings. The van der Waals surface area contributed by atoms with Crippen LogP contribution >= 0.6 is 11.6 Å². The third kappa shape index (κ3) is 6.11. The van der Waals surface area contributed by atoms with E-state index in [9.17, 15) is 4.79 Å². The second-order valence-corrected chi connectivity index (χ2v) is 6.43. The number of nitrogens with zero attached hydrogens (tertiary/aromatic N) is 1. The number of hydrogen-bond acceptors (Lipinski definition) is 1. The monoisotopic (exact) mass is 395 g/mol. The van der Waals surface area contributed by atoms with Gasteiger partial charge in [0.05, 0.1) is 0 Å². The van der Waals surface area contributed by atoms with Gasteiger partial charge in [0, 0.05) is 41.9 Å². The summed E-state index contributed by atoms with van der Waals surface area (Å²) in [6.07, 6.45) is 4.55. The molecule has 1 fully saturated rings. The van der Waals surface area contributed by atoms with Gasteiger partial charge in [0.2, 0.25) is 0 Å². The number of anilines is 1. The summed E-state index contributed by atoms with van der Waals surface area (Å²) >= 11 is 5.95. The average Bonchev–Trinajstić information content (AvgIpc) is 3.09.